The van der Waals surface area contributed by atoms with Crippen LogP contribution < -0.4 is 10.5 Å². The summed E-state index contributed by atoms with van der Waals surface area (Å²) in [5, 5.41) is 0. The van der Waals surface area contributed by atoms with Crippen molar-refractivity contribution in [1.82, 2.24) is 9.80 Å². The lowest BCUT2D eigenvalue weighted by Crippen LogP contribution is -2.49. The summed E-state index contributed by atoms with van der Waals surface area (Å²) in [5.74, 6) is 0.727. The maximum Gasteiger partial charge on any atom is 0.228 e. The second-order valence-corrected chi connectivity index (χ2v) is 7.61. The zero-order chi connectivity index (χ0) is 19.4. The molecule has 148 valence electrons. The smallest absolute Gasteiger partial charge is 0.228 e. The van der Waals surface area contributed by atoms with Gasteiger partial charge < -0.3 is 20.3 Å². The highest BCUT2D eigenvalue weighted by Crippen LogP contribution is 2.41. The number of para-hydroxylation sites is 1. The SMILES string of the molecule is CCCCN1C(=O)CCC(C(=O)N2CC[C@@H](N)C2)C1c1ccccc1OC. The monoisotopic (exact) mass is 373 g/mol. The molecule has 2 aliphatic rings. The average Bonchev–Trinajstić information content (AvgIpc) is 3.12. The van der Waals surface area contributed by atoms with Crippen LogP contribution in [0.2, 0.25) is 0 Å². The Morgan fingerprint density at radius 1 is 1.30 bits per heavy atom. The number of amides is 2. The van der Waals surface area contributed by atoms with Crippen LogP contribution in [0.15, 0.2) is 24.3 Å². The molecule has 0 saturated carbocycles. The third-order valence-corrected chi connectivity index (χ3v) is 5.77. The quantitative estimate of drug-likeness (QED) is 0.830. The highest BCUT2D eigenvalue weighted by Gasteiger charge is 2.43. The molecule has 0 bridgehead atoms. The highest BCUT2D eigenvalue weighted by atomic mass is 16.5. The summed E-state index contributed by atoms with van der Waals surface area (Å²) in [6.45, 7) is 4.09. The van der Waals surface area contributed by atoms with Crippen molar-refractivity contribution in [2.24, 2.45) is 11.7 Å². The first-order valence-corrected chi connectivity index (χ1v) is 10.0. The Bertz CT molecular complexity index is 678. The Kier molecular flexibility index (Phi) is 6.37. The Balaban J connectivity index is 1.96. The second kappa shape index (κ2) is 8.74. The van der Waals surface area contributed by atoms with E-state index in [2.05, 4.69) is 6.92 Å². The van der Waals surface area contributed by atoms with Gasteiger partial charge in [0.05, 0.1) is 19.1 Å². The fraction of sp³-hybridized carbons (Fsp3) is 0.619. The Morgan fingerprint density at radius 3 is 2.74 bits per heavy atom. The lowest BCUT2D eigenvalue weighted by atomic mass is 9.82. The van der Waals surface area contributed by atoms with Crippen LogP contribution in [0.1, 0.15) is 50.6 Å². The fourth-order valence-corrected chi connectivity index (χ4v) is 4.32. The summed E-state index contributed by atoms with van der Waals surface area (Å²) in [5.41, 5.74) is 6.94. The molecule has 2 N–H and O–H groups in total. The van der Waals surface area contributed by atoms with Crippen LogP contribution in [0.25, 0.3) is 0 Å². The molecule has 2 saturated heterocycles. The van der Waals surface area contributed by atoms with E-state index in [-0.39, 0.29) is 29.8 Å². The summed E-state index contributed by atoms with van der Waals surface area (Å²) in [6.07, 6.45) is 3.77. The Morgan fingerprint density at radius 2 is 2.07 bits per heavy atom. The lowest BCUT2D eigenvalue weighted by molar-refractivity contribution is -0.147. The van der Waals surface area contributed by atoms with Crippen molar-refractivity contribution in [3.05, 3.63) is 29.8 Å². The molecule has 0 aliphatic carbocycles. The van der Waals surface area contributed by atoms with Gasteiger partial charge >= 0.3 is 0 Å². The van der Waals surface area contributed by atoms with Gasteiger partial charge in [0.1, 0.15) is 5.75 Å². The topological polar surface area (TPSA) is 75.9 Å². The van der Waals surface area contributed by atoms with Gasteiger partial charge in [0, 0.05) is 37.7 Å². The number of nitrogens with zero attached hydrogens (tertiary/aromatic N) is 2. The molecule has 3 rings (SSSR count). The van der Waals surface area contributed by atoms with Gasteiger partial charge in [-0.25, -0.2) is 0 Å². The van der Waals surface area contributed by atoms with E-state index in [0.29, 0.717) is 32.5 Å². The van der Waals surface area contributed by atoms with Gasteiger partial charge in [0.15, 0.2) is 0 Å². The molecule has 2 fully saturated rings. The standard InChI is InChI=1S/C21H31N3O3/c1-3-4-12-24-19(25)10-9-17(21(26)23-13-11-15(22)14-23)20(24)16-7-5-6-8-18(16)27-2/h5-8,15,17,20H,3-4,9-14,22H2,1-2H3/t15-,17?,20?/m1/s1. The molecule has 6 heteroatoms. The van der Waals surface area contributed by atoms with Gasteiger partial charge in [0.25, 0.3) is 0 Å². The molecule has 0 spiro atoms. The zero-order valence-corrected chi connectivity index (χ0v) is 16.4. The van der Waals surface area contributed by atoms with Crippen LogP contribution in [0, 0.1) is 5.92 Å². The van der Waals surface area contributed by atoms with E-state index >= 15 is 0 Å². The number of nitrogens with two attached hydrogens (primary N) is 1. The Hall–Kier alpha value is -2.08. The number of hydrogen-bond acceptors (Lipinski definition) is 4. The van der Waals surface area contributed by atoms with Crippen molar-refractivity contribution in [2.75, 3.05) is 26.7 Å². The van der Waals surface area contributed by atoms with E-state index < -0.39 is 0 Å². The molecular formula is C21H31N3O3. The number of benzene rings is 1. The first kappa shape index (κ1) is 19.7. The number of methoxy groups -OCH3 is 1. The number of carbonyl (C=O) groups is 2. The van der Waals surface area contributed by atoms with E-state index in [1.54, 1.807) is 7.11 Å². The van der Waals surface area contributed by atoms with Crippen LogP contribution in [-0.4, -0.2) is 54.4 Å². The molecule has 6 nitrogen and oxygen atoms in total. The predicted octanol–water partition coefficient (Wildman–Crippen LogP) is 2.33. The molecular weight excluding hydrogens is 342 g/mol. The second-order valence-electron chi connectivity index (χ2n) is 7.61. The third-order valence-electron chi connectivity index (χ3n) is 5.77. The van der Waals surface area contributed by atoms with Crippen LogP contribution in [0.5, 0.6) is 5.75 Å². The number of rotatable bonds is 6. The number of ether oxygens (including phenoxy) is 1. The van der Waals surface area contributed by atoms with Crippen molar-refractivity contribution in [1.29, 1.82) is 0 Å². The molecule has 1 aromatic rings. The summed E-state index contributed by atoms with van der Waals surface area (Å²) in [7, 11) is 1.64. The van der Waals surface area contributed by atoms with E-state index in [1.807, 2.05) is 34.1 Å². The van der Waals surface area contributed by atoms with Crippen LogP contribution in [-0.2, 0) is 9.59 Å². The summed E-state index contributed by atoms with van der Waals surface area (Å²) < 4.78 is 5.57. The summed E-state index contributed by atoms with van der Waals surface area (Å²) in [6, 6.07) is 7.52. The number of piperidine rings is 1. The van der Waals surface area contributed by atoms with Crippen LogP contribution >= 0.6 is 0 Å². The minimum Gasteiger partial charge on any atom is -0.496 e. The van der Waals surface area contributed by atoms with Crippen molar-refractivity contribution < 1.29 is 14.3 Å². The van der Waals surface area contributed by atoms with Gasteiger partial charge in [-0.05, 0) is 25.3 Å². The number of unbranched alkanes of at least 4 members (excludes halogenated alkanes) is 1. The van der Waals surface area contributed by atoms with Crippen LogP contribution in [0.3, 0.4) is 0 Å². The lowest BCUT2D eigenvalue weighted by Gasteiger charge is -2.42. The van der Waals surface area contributed by atoms with E-state index in [4.69, 9.17) is 10.5 Å². The fourth-order valence-electron chi connectivity index (χ4n) is 4.32. The largest absolute Gasteiger partial charge is 0.496 e. The molecule has 2 amide bonds. The summed E-state index contributed by atoms with van der Waals surface area (Å²) in [4.78, 5) is 29.9. The average molecular weight is 373 g/mol. The maximum atomic E-state index is 13.3. The number of hydrogen-bond donors (Lipinski definition) is 1. The van der Waals surface area contributed by atoms with Gasteiger partial charge in [-0.3, -0.25) is 9.59 Å². The number of likely N-dealkylation sites (tertiary alicyclic amines) is 2. The molecule has 2 heterocycles. The minimum absolute atomic E-state index is 0.0556. The molecule has 27 heavy (non-hydrogen) atoms. The first-order valence-electron chi connectivity index (χ1n) is 10.0. The maximum absolute atomic E-state index is 13.3. The molecule has 2 aliphatic heterocycles. The van der Waals surface area contributed by atoms with Gasteiger partial charge in [0.2, 0.25) is 11.8 Å². The van der Waals surface area contributed by atoms with Gasteiger partial charge in [-0.15, -0.1) is 0 Å². The normalized spacial score (nSPS) is 25.7. The summed E-state index contributed by atoms with van der Waals surface area (Å²) >= 11 is 0. The van der Waals surface area contributed by atoms with E-state index in [0.717, 1.165) is 30.6 Å². The van der Waals surface area contributed by atoms with E-state index in [9.17, 15) is 9.59 Å². The van der Waals surface area contributed by atoms with Crippen molar-refractivity contribution >= 4 is 11.8 Å². The first-order chi connectivity index (χ1) is 13.1. The Labute approximate surface area is 161 Å². The van der Waals surface area contributed by atoms with Gasteiger partial charge in [-0.2, -0.15) is 0 Å². The highest BCUT2D eigenvalue weighted by molar-refractivity contribution is 5.85. The number of carbonyl (C=O) groups excluding carboxylic acids is 2. The molecule has 2 unspecified atom stereocenters. The predicted molar refractivity (Wildman–Crippen MR) is 104 cm³/mol. The molecule has 3 atom stereocenters. The van der Waals surface area contributed by atoms with Crippen molar-refractivity contribution in [3.8, 4) is 5.75 Å². The third kappa shape index (κ3) is 4.10. The van der Waals surface area contributed by atoms with Crippen LogP contribution in [0.4, 0.5) is 0 Å². The minimum atomic E-state index is -0.279. The zero-order valence-electron chi connectivity index (χ0n) is 16.4. The van der Waals surface area contributed by atoms with Crippen molar-refractivity contribution in [2.45, 2.75) is 51.1 Å². The van der Waals surface area contributed by atoms with Crippen molar-refractivity contribution in [3.63, 3.8) is 0 Å². The molecule has 0 aromatic heterocycles. The van der Waals surface area contributed by atoms with Gasteiger partial charge in [-0.1, -0.05) is 31.5 Å². The molecule has 1 aromatic carbocycles. The van der Waals surface area contributed by atoms with E-state index in [1.165, 1.54) is 0 Å². The molecule has 0 radical (unpaired) electrons.